The molecule has 0 amide bonds. The SMILES string of the molecule is C[C@@H]1CC[C@H](N)CN1c1cc(Nc2ccc3c(n2)C(C)(C)OC3=O)ncc1-c1cnn(CC(F)(F)F)c1. The second-order valence-corrected chi connectivity index (χ2v) is 10.1. The molecule has 0 unspecified atom stereocenters. The molecule has 0 saturated carbocycles. The van der Waals surface area contributed by atoms with Crippen molar-refractivity contribution in [1.29, 1.82) is 0 Å². The molecule has 196 valence electrons. The van der Waals surface area contributed by atoms with Crippen LogP contribution >= 0.6 is 0 Å². The van der Waals surface area contributed by atoms with Gasteiger partial charge in [0, 0.05) is 48.2 Å². The molecule has 3 aromatic rings. The molecule has 0 aromatic carbocycles. The summed E-state index contributed by atoms with van der Waals surface area (Å²) in [6.45, 7) is 5.07. The van der Waals surface area contributed by atoms with Crippen LogP contribution in [0.25, 0.3) is 11.1 Å². The topological polar surface area (TPSA) is 111 Å². The van der Waals surface area contributed by atoms with Gasteiger partial charge in [-0.2, -0.15) is 18.3 Å². The number of aromatic nitrogens is 4. The van der Waals surface area contributed by atoms with Crippen LogP contribution in [0.4, 0.5) is 30.5 Å². The average Bonchev–Trinajstić information content (AvgIpc) is 3.35. The third kappa shape index (κ3) is 5.10. The number of halogens is 3. The Hall–Kier alpha value is -3.67. The van der Waals surface area contributed by atoms with Crippen LogP contribution in [0.3, 0.4) is 0 Å². The number of alkyl halides is 3. The second-order valence-electron chi connectivity index (χ2n) is 10.1. The first kappa shape index (κ1) is 25.0. The van der Waals surface area contributed by atoms with Gasteiger partial charge in [0.2, 0.25) is 0 Å². The molecule has 3 N–H and O–H groups in total. The van der Waals surface area contributed by atoms with Gasteiger partial charge in [-0.15, -0.1) is 0 Å². The number of carbonyl (C=O) groups excluding carboxylic acids is 1. The number of piperidine rings is 1. The maximum Gasteiger partial charge on any atom is 0.408 e. The number of nitrogens with two attached hydrogens (primary N) is 1. The van der Waals surface area contributed by atoms with Crippen molar-refractivity contribution in [3.8, 4) is 11.1 Å². The zero-order valence-electron chi connectivity index (χ0n) is 20.7. The van der Waals surface area contributed by atoms with Crippen molar-refractivity contribution < 1.29 is 22.7 Å². The fourth-order valence-electron chi connectivity index (χ4n) is 4.84. The van der Waals surface area contributed by atoms with Crippen molar-refractivity contribution in [2.45, 2.75) is 64.0 Å². The molecule has 2 atom stereocenters. The number of hydrogen-bond acceptors (Lipinski definition) is 8. The molecule has 9 nitrogen and oxygen atoms in total. The van der Waals surface area contributed by atoms with E-state index in [2.05, 4.69) is 32.2 Å². The quantitative estimate of drug-likeness (QED) is 0.482. The predicted molar refractivity (Wildman–Crippen MR) is 131 cm³/mol. The Morgan fingerprint density at radius 3 is 2.73 bits per heavy atom. The third-order valence-corrected chi connectivity index (χ3v) is 6.69. The fraction of sp³-hybridized carbons (Fsp3) is 0.440. The standard InChI is InChI=1S/C25H28F3N7O2/c1-14-4-5-16(29)12-35(14)19-8-21(30-10-18(19)15-9-31-34(11-15)13-25(26,27)28)32-20-7-6-17-22(33-20)24(2,3)37-23(17)36/h6-11,14,16H,4-5,12-13,29H2,1-3H3,(H,30,32,33)/t14-,16+/m1/s1. The van der Waals surface area contributed by atoms with Crippen molar-refractivity contribution >= 4 is 23.3 Å². The zero-order valence-corrected chi connectivity index (χ0v) is 20.7. The van der Waals surface area contributed by atoms with E-state index in [9.17, 15) is 18.0 Å². The summed E-state index contributed by atoms with van der Waals surface area (Å²) in [6.07, 6.45) is 1.80. The van der Waals surface area contributed by atoms with E-state index in [1.165, 1.54) is 12.4 Å². The van der Waals surface area contributed by atoms with E-state index in [1.807, 2.05) is 6.07 Å². The molecule has 0 spiro atoms. The van der Waals surface area contributed by atoms with Gasteiger partial charge in [-0.3, -0.25) is 4.68 Å². The van der Waals surface area contributed by atoms with Crippen molar-refractivity contribution in [2.24, 2.45) is 5.73 Å². The normalized spacial score (nSPS) is 21.1. The van der Waals surface area contributed by atoms with Gasteiger partial charge in [-0.25, -0.2) is 14.8 Å². The lowest BCUT2D eigenvalue weighted by Gasteiger charge is -2.39. The molecular formula is C25H28F3N7O2. The summed E-state index contributed by atoms with van der Waals surface area (Å²) in [5.74, 6) is 0.561. The monoisotopic (exact) mass is 515 g/mol. The number of cyclic esters (lactones) is 1. The first-order chi connectivity index (χ1) is 17.4. The number of esters is 1. The molecule has 1 fully saturated rings. The van der Waals surface area contributed by atoms with Crippen molar-refractivity contribution in [3.05, 3.63) is 48.0 Å². The molecule has 2 aliphatic rings. The lowest BCUT2D eigenvalue weighted by atomic mass is 9.97. The van der Waals surface area contributed by atoms with E-state index in [4.69, 9.17) is 10.5 Å². The predicted octanol–water partition coefficient (Wildman–Crippen LogP) is 4.37. The molecule has 2 aliphatic heterocycles. The summed E-state index contributed by atoms with van der Waals surface area (Å²) in [6, 6.07) is 5.32. The fourth-order valence-corrected chi connectivity index (χ4v) is 4.84. The van der Waals surface area contributed by atoms with Gasteiger partial charge in [0.15, 0.2) is 0 Å². The number of nitrogens with zero attached hydrogens (tertiary/aromatic N) is 5. The Morgan fingerprint density at radius 1 is 1.19 bits per heavy atom. The van der Waals surface area contributed by atoms with Crippen LogP contribution in [-0.2, 0) is 16.9 Å². The molecule has 0 radical (unpaired) electrons. The van der Waals surface area contributed by atoms with Crippen LogP contribution in [0.15, 0.2) is 36.8 Å². The van der Waals surface area contributed by atoms with Gasteiger partial charge >= 0.3 is 12.1 Å². The minimum Gasteiger partial charge on any atom is -0.449 e. The Balaban J connectivity index is 1.51. The molecule has 1 saturated heterocycles. The van der Waals surface area contributed by atoms with Crippen LogP contribution in [0.1, 0.15) is 49.7 Å². The highest BCUT2D eigenvalue weighted by Gasteiger charge is 2.39. The minimum atomic E-state index is -4.38. The Kier molecular flexibility index (Phi) is 6.09. The lowest BCUT2D eigenvalue weighted by molar-refractivity contribution is -0.142. The average molecular weight is 516 g/mol. The van der Waals surface area contributed by atoms with E-state index in [-0.39, 0.29) is 12.1 Å². The molecule has 5 rings (SSSR count). The van der Waals surface area contributed by atoms with Gasteiger partial charge in [0.1, 0.15) is 29.5 Å². The third-order valence-electron chi connectivity index (χ3n) is 6.69. The lowest BCUT2D eigenvalue weighted by Crippen LogP contribution is -2.47. The summed E-state index contributed by atoms with van der Waals surface area (Å²) in [4.78, 5) is 23.4. The van der Waals surface area contributed by atoms with E-state index in [0.29, 0.717) is 40.6 Å². The first-order valence-corrected chi connectivity index (χ1v) is 12.0. The highest BCUT2D eigenvalue weighted by atomic mass is 19.4. The molecule has 37 heavy (non-hydrogen) atoms. The zero-order chi connectivity index (χ0) is 26.5. The number of rotatable bonds is 5. The van der Waals surface area contributed by atoms with Crippen LogP contribution in [-0.4, -0.2) is 50.5 Å². The van der Waals surface area contributed by atoms with Gasteiger partial charge in [-0.05, 0) is 45.7 Å². The second kappa shape index (κ2) is 9.02. The summed E-state index contributed by atoms with van der Waals surface area (Å²) < 4.78 is 45.0. The van der Waals surface area contributed by atoms with Crippen molar-refractivity contribution in [3.63, 3.8) is 0 Å². The highest BCUT2D eigenvalue weighted by molar-refractivity contribution is 5.94. The number of carbonyl (C=O) groups is 1. The first-order valence-electron chi connectivity index (χ1n) is 12.0. The van der Waals surface area contributed by atoms with Gasteiger partial charge in [0.05, 0.1) is 17.4 Å². The van der Waals surface area contributed by atoms with E-state index < -0.39 is 24.3 Å². The maximum absolute atomic E-state index is 12.9. The maximum atomic E-state index is 12.9. The van der Waals surface area contributed by atoms with Crippen molar-refractivity contribution in [2.75, 3.05) is 16.8 Å². The molecule has 12 heteroatoms. The summed E-state index contributed by atoms with van der Waals surface area (Å²) in [5.41, 5.74) is 8.35. The van der Waals surface area contributed by atoms with E-state index >= 15 is 0 Å². The Bertz CT molecular complexity index is 1340. The van der Waals surface area contributed by atoms with Crippen LogP contribution < -0.4 is 16.0 Å². The van der Waals surface area contributed by atoms with Gasteiger partial charge in [-0.1, -0.05) is 0 Å². The summed E-state index contributed by atoms with van der Waals surface area (Å²) in [7, 11) is 0. The van der Waals surface area contributed by atoms with E-state index in [1.54, 1.807) is 32.2 Å². The van der Waals surface area contributed by atoms with Gasteiger partial charge < -0.3 is 20.7 Å². The number of pyridine rings is 2. The number of anilines is 3. The minimum absolute atomic E-state index is 0.0280. The summed E-state index contributed by atoms with van der Waals surface area (Å²) >= 11 is 0. The molecule has 0 aliphatic carbocycles. The summed E-state index contributed by atoms with van der Waals surface area (Å²) in [5, 5.41) is 7.09. The number of nitrogens with one attached hydrogen (secondary N) is 1. The molecule has 5 heterocycles. The largest absolute Gasteiger partial charge is 0.449 e. The molecule has 3 aromatic heterocycles. The highest BCUT2D eigenvalue weighted by Crippen LogP contribution is 2.38. The number of ether oxygens (including phenoxy) is 1. The van der Waals surface area contributed by atoms with Crippen LogP contribution in [0.2, 0.25) is 0 Å². The molecular weight excluding hydrogens is 487 g/mol. The number of hydrogen-bond donors (Lipinski definition) is 2. The van der Waals surface area contributed by atoms with Crippen LogP contribution in [0, 0.1) is 0 Å². The van der Waals surface area contributed by atoms with E-state index in [0.717, 1.165) is 23.2 Å². The van der Waals surface area contributed by atoms with Crippen molar-refractivity contribution in [1.82, 2.24) is 19.7 Å². The Labute approximate surface area is 211 Å². The smallest absolute Gasteiger partial charge is 0.408 e. The van der Waals surface area contributed by atoms with Crippen LogP contribution in [0.5, 0.6) is 0 Å². The number of fused-ring (bicyclic) bond motifs is 1. The molecule has 0 bridgehead atoms. The Morgan fingerprint density at radius 2 is 1.97 bits per heavy atom. The van der Waals surface area contributed by atoms with Gasteiger partial charge in [0.25, 0.3) is 0 Å².